The molecule has 7 heteroatoms. The van der Waals surface area contributed by atoms with E-state index in [2.05, 4.69) is 21.9 Å². The van der Waals surface area contributed by atoms with Crippen molar-refractivity contribution in [2.24, 2.45) is 10.9 Å². The molecule has 1 heterocycles. The van der Waals surface area contributed by atoms with Crippen LogP contribution in [0.25, 0.3) is 0 Å². The van der Waals surface area contributed by atoms with Crippen molar-refractivity contribution in [3.8, 4) is 0 Å². The Hall–Kier alpha value is 0.270. The summed E-state index contributed by atoms with van der Waals surface area (Å²) in [6.07, 6.45) is 8.14. The maximum Gasteiger partial charge on any atom is 0.191 e. The molecule has 0 aromatic heterocycles. The number of halogens is 1. The van der Waals surface area contributed by atoms with E-state index in [1.54, 1.807) is 0 Å². The molecule has 0 aromatic rings. The number of rotatable bonds is 9. The van der Waals surface area contributed by atoms with Crippen LogP contribution in [0, 0.1) is 5.92 Å². The Morgan fingerprint density at radius 2 is 2.04 bits per heavy atom. The zero-order chi connectivity index (χ0) is 15.7. The molecule has 1 saturated heterocycles. The summed E-state index contributed by atoms with van der Waals surface area (Å²) in [7, 11) is 1.83. The molecule has 1 aliphatic carbocycles. The Morgan fingerprint density at radius 1 is 1.30 bits per heavy atom. The molecule has 0 aromatic carbocycles. The lowest BCUT2D eigenvalue weighted by atomic mass is 9.99. The molecule has 0 spiro atoms. The first-order valence-electron chi connectivity index (χ1n) is 8.43. The van der Waals surface area contributed by atoms with Gasteiger partial charge in [0, 0.05) is 51.3 Å². The van der Waals surface area contributed by atoms with E-state index in [4.69, 9.17) is 9.47 Å². The van der Waals surface area contributed by atoms with Crippen molar-refractivity contribution < 1.29 is 9.47 Å². The van der Waals surface area contributed by atoms with Crippen LogP contribution in [0.5, 0.6) is 0 Å². The minimum Gasteiger partial charge on any atom is -0.381 e. The van der Waals surface area contributed by atoms with E-state index >= 15 is 0 Å². The average Bonchev–Trinajstić information content (AvgIpc) is 3.38. The lowest BCUT2D eigenvalue weighted by Gasteiger charge is -2.36. The van der Waals surface area contributed by atoms with Crippen molar-refractivity contribution in [3.63, 3.8) is 0 Å². The molecule has 0 atom stereocenters. The van der Waals surface area contributed by atoms with Gasteiger partial charge in [-0.25, -0.2) is 0 Å². The number of ether oxygens (including phenoxy) is 2. The van der Waals surface area contributed by atoms with Gasteiger partial charge in [0.1, 0.15) is 0 Å². The maximum atomic E-state index is 5.64. The normalized spacial score (nSPS) is 20.7. The largest absolute Gasteiger partial charge is 0.381 e. The van der Waals surface area contributed by atoms with Crippen LogP contribution in [0.2, 0.25) is 0 Å². The van der Waals surface area contributed by atoms with Crippen LogP contribution in [0.3, 0.4) is 0 Å². The molecule has 1 saturated carbocycles. The SMILES string of the molecule is CN=C(NCCCOCC1CC1)NCC1(SC)CCOCC1.I. The third kappa shape index (κ3) is 8.27. The van der Waals surface area contributed by atoms with E-state index in [1.165, 1.54) is 12.8 Å². The highest BCUT2D eigenvalue weighted by atomic mass is 127. The van der Waals surface area contributed by atoms with Crippen molar-refractivity contribution in [2.75, 3.05) is 52.8 Å². The van der Waals surface area contributed by atoms with Crippen LogP contribution in [0.1, 0.15) is 32.1 Å². The fourth-order valence-corrected chi connectivity index (χ4v) is 3.37. The van der Waals surface area contributed by atoms with Crippen LogP contribution in [0.15, 0.2) is 4.99 Å². The Kier molecular flexibility index (Phi) is 10.9. The lowest BCUT2D eigenvalue weighted by molar-refractivity contribution is 0.0782. The van der Waals surface area contributed by atoms with Gasteiger partial charge in [-0.3, -0.25) is 4.99 Å². The molecule has 1 aliphatic heterocycles. The Bertz CT molecular complexity index is 348. The molecular formula is C16H32IN3O2S. The summed E-state index contributed by atoms with van der Waals surface area (Å²) in [5, 5.41) is 6.84. The Morgan fingerprint density at radius 3 is 2.65 bits per heavy atom. The van der Waals surface area contributed by atoms with E-state index in [0.29, 0.717) is 0 Å². The number of aliphatic imine (C=N–C) groups is 1. The topological polar surface area (TPSA) is 54.9 Å². The molecule has 0 unspecified atom stereocenters. The smallest absolute Gasteiger partial charge is 0.191 e. The fourth-order valence-electron chi connectivity index (χ4n) is 2.58. The highest BCUT2D eigenvalue weighted by molar-refractivity contribution is 14.0. The van der Waals surface area contributed by atoms with Gasteiger partial charge in [0.05, 0.1) is 0 Å². The van der Waals surface area contributed by atoms with Gasteiger partial charge in [0.25, 0.3) is 0 Å². The maximum absolute atomic E-state index is 5.64. The van der Waals surface area contributed by atoms with Crippen LogP contribution in [0.4, 0.5) is 0 Å². The van der Waals surface area contributed by atoms with Gasteiger partial charge in [-0.2, -0.15) is 11.8 Å². The molecule has 136 valence electrons. The second kappa shape index (κ2) is 11.8. The van der Waals surface area contributed by atoms with E-state index in [1.807, 2.05) is 18.8 Å². The number of hydrogen-bond acceptors (Lipinski definition) is 4. The molecule has 23 heavy (non-hydrogen) atoms. The molecule has 0 radical (unpaired) electrons. The summed E-state index contributed by atoms with van der Waals surface area (Å²) in [5.41, 5.74) is 0. The summed E-state index contributed by atoms with van der Waals surface area (Å²) in [5.74, 6) is 1.74. The van der Waals surface area contributed by atoms with Gasteiger partial charge >= 0.3 is 0 Å². The molecule has 2 N–H and O–H groups in total. The summed E-state index contributed by atoms with van der Waals surface area (Å²) < 4.78 is 11.4. The minimum atomic E-state index is 0. The number of thioether (sulfide) groups is 1. The van der Waals surface area contributed by atoms with Crippen molar-refractivity contribution in [3.05, 3.63) is 0 Å². The van der Waals surface area contributed by atoms with Gasteiger partial charge in [-0.1, -0.05) is 0 Å². The van der Waals surface area contributed by atoms with Crippen LogP contribution < -0.4 is 10.6 Å². The van der Waals surface area contributed by atoms with Gasteiger partial charge in [0.2, 0.25) is 0 Å². The highest BCUT2D eigenvalue weighted by Gasteiger charge is 2.31. The molecule has 2 fully saturated rings. The zero-order valence-electron chi connectivity index (χ0n) is 14.4. The predicted octanol–water partition coefficient (Wildman–Crippen LogP) is 2.50. The molecular weight excluding hydrogens is 425 g/mol. The van der Waals surface area contributed by atoms with E-state index < -0.39 is 0 Å². The number of nitrogens with zero attached hydrogens (tertiary/aromatic N) is 1. The number of hydrogen-bond donors (Lipinski definition) is 2. The first-order chi connectivity index (χ1) is 10.8. The van der Waals surface area contributed by atoms with Gasteiger partial charge < -0.3 is 20.1 Å². The van der Waals surface area contributed by atoms with Gasteiger partial charge in [-0.05, 0) is 44.3 Å². The second-order valence-corrected chi connectivity index (χ2v) is 7.50. The van der Waals surface area contributed by atoms with E-state index in [0.717, 1.165) is 70.7 Å². The average molecular weight is 457 g/mol. The Balaban J connectivity index is 0.00000264. The quantitative estimate of drug-likeness (QED) is 0.241. The Labute approximate surface area is 162 Å². The molecule has 2 aliphatic rings. The molecule has 5 nitrogen and oxygen atoms in total. The minimum absolute atomic E-state index is 0. The van der Waals surface area contributed by atoms with Crippen molar-refractivity contribution in [2.45, 2.75) is 36.9 Å². The third-order valence-corrected chi connectivity index (χ3v) is 5.87. The summed E-state index contributed by atoms with van der Waals surface area (Å²) >= 11 is 1.94. The standard InChI is InChI=1S/C16H31N3O2S.HI/c1-17-15(18-8-3-9-21-12-14-4-5-14)19-13-16(22-2)6-10-20-11-7-16;/h14H,3-13H2,1-2H3,(H2,17,18,19);1H. The molecule has 0 bridgehead atoms. The predicted molar refractivity (Wildman–Crippen MR) is 109 cm³/mol. The van der Waals surface area contributed by atoms with Crippen LogP contribution in [-0.2, 0) is 9.47 Å². The van der Waals surface area contributed by atoms with Crippen LogP contribution in [-0.4, -0.2) is 63.5 Å². The highest BCUT2D eigenvalue weighted by Crippen LogP contribution is 2.32. The van der Waals surface area contributed by atoms with Crippen LogP contribution >= 0.6 is 35.7 Å². The number of nitrogens with one attached hydrogen (secondary N) is 2. The third-order valence-electron chi connectivity index (χ3n) is 4.45. The van der Waals surface area contributed by atoms with Crippen molar-refractivity contribution in [1.82, 2.24) is 10.6 Å². The lowest BCUT2D eigenvalue weighted by Crippen LogP contribution is -2.48. The first kappa shape index (κ1) is 21.3. The van der Waals surface area contributed by atoms with Gasteiger partial charge in [-0.15, -0.1) is 24.0 Å². The molecule has 0 amide bonds. The summed E-state index contributed by atoms with van der Waals surface area (Å²) in [6.45, 7) is 5.37. The zero-order valence-corrected chi connectivity index (χ0v) is 17.6. The second-order valence-electron chi connectivity index (χ2n) is 6.22. The van der Waals surface area contributed by atoms with E-state index in [9.17, 15) is 0 Å². The monoisotopic (exact) mass is 457 g/mol. The van der Waals surface area contributed by atoms with Crippen molar-refractivity contribution >= 4 is 41.7 Å². The molecule has 2 rings (SSSR count). The summed E-state index contributed by atoms with van der Waals surface area (Å²) in [6, 6.07) is 0. The fraction of sp³-hybridized carbons (Fsp3) is 0.938. The van der Waals surface area contributed by atoms with E-state index in [-0.39, 0.29) is 28.7 Å². The first-order valence-corrected chi connectivity index (χ1v) is 9.66. The van der Waals surface area contributed by atoms with Gasteiger partial charge in [0.15, 0.2) is 5.96 Å². The van der Waals surface area contributed by atoms with Crippen molar-refractivity contribution in [1.29, 1.82) is 0 Å². The summed E-state index contributed by atoms with van der Waals surface area (Å²) in [4.78, 5) is 4.31. The number of guanidine groups is 1.